The molecule has 0 unspecified atom stereocenters. The van der Waals surface area contributed by atoms with Crippen LogP contribution in [0.25, 0.3) is 10.9 Å². The van der Waals surface area contributed by atoms with Crippen LogP contribution in [-0.2, 0) is 10.0 Å². The number of ether oxygens (including phenoxy) is 3. The van der Waals surface area contributed by atoms with E-state index in [1.165, 1.54) is 6.07 Å². The van der Waals surface area contributed by atoms with Gasteiger partial charge in [0.05, 0.1) is 12.1 Å². The molecule has 0 saturated carbocycles. The molecule has 0 spiro atoms. The zero-order chi connectivity index (χ0) is 20.3. The molecule has 2 heterocycles. The van der Waals surface area contributed by atoms with Gasteiger partial charge in [0.1, 0.15) is 17.3 Å². The SMILES string of the molecule is Cc1ccc2cccc(S(=O)(=O)NCC#CCOc3ccc4c(c3)OCO4)c2n1. The first kappa shape index (κ1) is 19.1. The molecule has 1 aliphatic rings. The fourth-order valence-corrected chi connectivity index (χ4v) is 3.94. The van der Waals surface area contributed by atoms with Crippen molar-refractivity contribution < 1.29 is 22.6 Å². The maximum Gasteiger partial charge on any atom is 0.243 e. The van der Waals surface area contributed by atoms with Gasteiger partial charge in [0.25, 0.3) is 0 Å². The number of benzene rings is 2. The van der Waals surface area contributed by atoms with Crippen molar-refractivity contribution in [1.29, 1.82) is 0 Å². The van der Waals surface area contributed by atoms with Crippen molar-refractivity contribution in [2.45, 2.75) is 11.8 Å². The second-order valence-corrected chi connectivity index (χ2v) is 8.00. The van der Waals surface area contributed by atoms with Gasteiger partial charge < -0.3 is 14.2 Å². The standard InChI is InChI=1S/C21H18N2O5S/c1-15-7-8-16-5-4-6-20(21(16)23-15)29(24,25)22-11-2-3-12-26-17-9-10-18-19(13-17)28-14-27-18/h4-10,13,22H,11-12,14H2,1H3. The number of nitrogens with one attached hydrogen (secondary N) is 1. The monoisotopic (exact) mass is 410 g/mol. The van der Waals surface area contributed by atoms with Crippen LogP contribution in [0.3, 0.4) is 0 Å². The first-order chi connectivity index (χ1) is 14.0. The Morgan fingerprint density at radius 3 is 2.86 bits per heavy atom. The first-order valence-corrected chi connectivity index (χ1v) is 10.4. The largest absolute Gasteiger partial charge is 0.481 e. The van der Waals surface area contributed by atoms with Crippen LogP contribution in [0.5, 0.6) is 17.2 Å². The van der Waals surface area contributed by atoms with Crippen molar-refractivity contribution in [3.05, 3.63) is 54.2 Å². The highest BCUT2D eigenvalue weighted by Gasteiger charge is 2.17. The summed E-state index contributed by atoms with van der Waals surface area (Å²) in [6.07, 6.45) is 0. The zero-order valence-corrected chi connectivity index (χ0v) is 16.5. The molecule has 7 nitrogen and oxygen atoms in total. The summed E-state index contributed by atoms with van der Waals surface area (Å²) in [6.45, 7) is 2.11. The fraction of sp³-hybridized carbons (Fsp3) is 0.190. The number of para-hydroxylation sites is 1. The Labute approximate surface area is 168 Å². The number of pyridine rings is 1. The van der Waals surface area contributed by atoms with Crippen molar-refractivity contribution in [3.63, 3.8) is 0 Å². The summed E-state index contributed by atoms with van der Waals surface area (Å²) in [4.78, 5) is 4.50. The lowest BCUT2D eigenvalue weighted by Crippen LogP contribution is -2.24. The average Bonchev–Trinajstić information content (AvgIpc) is 3.18. The molecule has 0 bridgehead atoms. The maximum absolute atomic E-state index is 12.6. The Morgan fingerprint density at radius 1 is 1.10 bits per heavy atom. The van der Waals surface area contributed by atoms with Crippen LogP contribution in [0.15, 0.2) is 53.4 Å². The molecule has 0 radical (unpaired) electrons. The van der Waals surface area contributed by atoms with E-state index in [4.69, 9.17) is 14.2 Å². The summed E-state index contributed by atoms with van der Waals surface area (Å²) in [5.74, 6) is 7.44. The van der Waals surface area contributed by atoms with Gasteiger partial charge in [-0.1, -0.05) is 30.0 Å². The first-order valence-electron chi connectivity index (χ1n) is 8.87. The number of fused-ring (bicyclic) bond motifs is 2. The zero-order valence-electron chi connectivity index (χ0n) is 15.6. The highest BCUT2D eigenvalue weighted by molar-refractivity contribution is 7.89. The Hall–Kier alpha value is -3.28. The van der Waals surface area contributed by atoms with Crippen molar-refractivity contribution in [2.24, 2.45) is 0 Å². The number of nitrogens with zero attached hydrogens (tertiary/aromatic N) is 1. The van der Waals surface area contributed by atoms with Crippen molar-refractivity contribution >= 4 is 20.9 Å². The molecule has 0 amide bonds. The lowest BCUT2D eigenvalue weighted by molar-refractivity contribution is 0.174. The normalized spacial score (nSPS) is 12.4. The third-order valence-electron chi connectivity index (χ3n) is 4.24. The van der Waals surface area contributed by atoms with E-state index in [0.717, 1.165) is 11.1 Å². The summed E-state index contributed by atoms with van der Waals surface area (Å²) in [6, 6.07) is 14.0. The van der Waals surface area contributed by atoms with E-state index >= 15 is 0 Å². The van der Waals surface area contributed by atoms with E-state index in [1.807, 2.05) is 25.1 Å². The summed E-state index contributed by atoms with van der Waals surface area (Å²) < 4.78 is 43.8. The topological polar surface area (TPSA) is 86.8 Å². The molecule has 2 aromatic carbocycles. The third kappa shape index (κ3) is 4.26. The van der Waals surface area contributed by atoms with Crippen LogP contribution in [-0.4, -0.2) is 33.3 Å². The van der Waals surface area contributed by atoms with E-state index in [2.05, 4.69) is 21.5 Å². The smallest absolute Gasteiger partial charge is 0.243 e. The number of hydrogen-bond acceptors (Lipinski definition) is 6. The Bertz CT molecular complexity index is 1230. The number of aryl methyl sites for hydroxylation is 1. The molecule has 8 heteroatoms. The van der Waals surface area contributed by atoms with E-state index in [1.54, 1.807) is 24.3 Å². The lowest BCUT2D eigenvalue weighted by atomic mass is 10.2. The molecular weight excluding hydrogens is 392 g/mol. The minimum Gasteiger partial charge on any atom is -0.481 e. The molecular formula is C21H18N2O5S. The average molecular weight is 410 g/mol. The molecule has 3 aromatic rings. The third-order valence-corrected chi connectivity index (χ3v) is 5.68. The predicted octanol–water partition coefficient (Wildman–Crippen LogP) is 2.63. The van der Waals surface area contributed by atoms with Crippen LogP contribution in [0.1, 0.15) is 5.69 Å². The van der Waals surface area contributed by atoms with Crippen molar-refractivity contribution in [3.8, 4) is 29.1 Å². The van der Waals surface area contributed by atoms with Crippen LogP contribution in [0, 0.1) is 18.8 Å². The molecule has 1 aliphatic heterocycles. The molecule has 1 N–H and O–H groups in total. The van der Waals surface area contributed by atoms with Crippen LogP contribution in [0.4, 0.5) is 0 Å². The minimum absolute atomic E-state index is 0.0327. The summed E-state index contributed by atoms with van der Waals surface area (Å²) >= 11 is 0. The van der Waals surface area contributed by atoms with E-state index in [-0.39, 0.29) is 24.8 Å². The van der Waals surface area contributed by atoms with Crippen LogP contribution < -0.4 is 18.9 Å². The van der Waals surface area contributed by atoms with Gasteiger partial charge >= 0.3 is 0 Å². The van der Waals surface area contributed by atoms with Crippen LogP contribution >= 0.6 is 0 Å². The van der Waals surface area contributed by atoms with Gasteiger partial charge in [-0.05, 0) is 31.2 Å². The fourth-order valence-electron chi connectivity index (χ4n) is 2.84. The van der Waals surface area contributed by atoms with Crippen molar-refractivity contribution in [1.82, 2.24) is 9.71 Å². The van der Waals surface area contributed by atoms with Gasteiger partial charge in [-0.15, -0.1) is 0 Å². The molecule has 0 aliphatic carbocycles. The van der Waals surface area contributed by atoms with E-state index in [9.17, 15) is 8.42 Å². The molecule has 0 saturated heterocycles. The van der Waals surface area contributed by atoms with Gasteiger partial charge in [-0.3, -0.25) is 4.98 Å². The predicted molar refractivity (Wildman–Crippen MR) is 108 cm³/mol. The number of hydrogen-bond donors (Lipinski definition) is 1. The molecule has 29 heavy (non-hydrogen) atoms. The quantitative estimate of drug-likeness (QED) is 0.651. The summed E-state index contributed by atoms with van der Waals surface area (Å²) in [5, 5.41) is 0.765. The van der Waals surface area contributed by atoms with E-state index in [0.29, 0.717) is 22.8 Å². The molecule has 1 aromatic heterocycles. The van der Waals surface area contributed by atoms with Crippen molar-refractivity contribution in [2.75, 3.05) is 19.9 Å². The van der Waals surface area contributed by atoms with Gasteiger partial charge in [-0.2, -0.15) is 4.72 Å². The summed E-state index contributed by atoms with van der Waals surface area (Å²) in [7, 11) is -3.74. The lowest BCUT2D eigenvalue weighted by Gasteiger charge is -2.07. The molecule has 0 fully saturated rings. The van der Waals surface area contributed by atoms with Crippen LogP contribution in [0.2, 0.25) is 0 Å². The second kappa shape index (κ2) is 7.99. The second-order valence-electron chi connectivity index (χ2n) is 6.26. The molecule has 0 atom stereocenters. The van der Waals surface area contributed by atoms with Gasteiger partial charge in [0.15, 0.2) is 11.5 Å². The van der Waals surface area contributed by atoms with E-state index < -0.39 is 10.0 Å². The molecule has 4 rings (SSSR count). The number of sulfonamides is 1. The summed E-state index contributed by atoms with van der Waals surface area (Å²) in [5.41, 5.74) is 1.19. The van der Waals surface area contributed by atoms with Gasteiger partial charge in [-0.25, -0.2) is 8.42 Å². The highest BCUT2D eigenvalue weighted by Crippen LogP contribution is 2.34. The maximum atomic E-state index is 12.6. The molecule has 148 valence electrons. The van der Waals surface area contributed by atoms with Gasteiger partial charge in [0, 0.05) is 17.1 Å². The van der Waals surface area contributed by atoms with Gasteiger partial charge in [0.2, 0.25) is 16.8 Å². The Kier molecular flexibility index (Phi) is 5.25. The minimum atomic E-state index is -3.74. The number of rotatable bonds is 5. The number of aromatic nitrogens is 1. The highest BCUT2D eigenvalue weighted by atomic mass is 32.2. The Balaban J connectivity index is 1.37. The Morgan fingerprint density at radius 2 is 1.97 bits per heavy atom.